The monoisotopic (exact) mass is 144 g/mol. The molecule has 0 saturated heterocycles. The van der Waals surface area contributed by atoms with Crippen molar-refractivity contribution < 1.29 is 5.48 Å². The second-order valence-corrected chi connectivity index (χ2v) is 3.87. The second kappa shape index (κ2) is 3.97. The number of hydrogen-bond donors (Lipinski definition) is 0. The molecule has 1 rings (SSSR count). The molecule has 2 N–H and O–H groups in total. The molecule has 0 aromatic rings. The highest BCUT2D eigenvalue weighted by Crippen LogP contribution is 2.32. The molecular formula is C9H20O. The molecule has 1 aliphatic rings. The predicted molar refractivity (Wildman–Crippen MR) is 45.0 cm³/mol. The van der Waals surface area contributed by atoms with Crippen molar-refractivity contribution in [1.29, 1.82) is 0 Å². The predicted octanol–water partition coefficient (Wildman–Crippen LogP) is 2.25. The van der Waals surface area contributed by atoms with Gasteiger partial charge in [0.1, 0.15) is 0 Å². The van der Waals surface area contributed by atoms with E-state index in [1.54, 1.807) is 0 Å². The molecule has 3 atom stereocenters. The van der Waals surface area contributed by atoms with Gasteiger partial charge in [-0.15, -0.1) is 0 Å². The molecule has 0 amide bonds. The van der Waals surface area contributed by atoms with Gasteiger partial charge in [0, 0.05) is 0 Å². The van der Waals surface area contributed by atoms with Gasteiger partial charge in [0.2, 0.25) is 0 Å². The van der Waals surface area contributed by atoms with Crippen LogP contribution in [0.2, 0.25) is 0 Å². The summed E-state index contributed by atoms with van der Waals surface area (Å²) in [7, 11) is 0. The first-order valence-corrected chi connectivity index (χ1v) is 4.20. The van der Waals surface area contributed by atoms with Crippen molar-refractivity contribution in [3.05, 3.63) is 0 Å². The molecule has 1 nitrogen and oxygen atoms in total. The maximum atomic E-state index is 2.39. The van der Waals surface area contributed by atoms with Gasteiger partial charge in [0.25, 0.3) is 0 Å². The first-order chi connectivity index (χ1) is 4.20. The van der Waals surface area contributed by atoms with Crippen LogP contribution in [0, 0.1) is 17.8 Å². The maximum Gasteiger partial charge on any atom is -0.0414 e. The van der Waals surface area contributed by atoms with E-state index in [1.807, 2.05) is 0 Å². The summed E-state index contributed by atoms with van der Waals surface area (Å²) in [6, 6.07) is 0. The second-order valence-electron chi connectivity index (χ2n) is 3.87. The summed E-state index contributed by atoms with van der Waals surface area (Å²) >= 11 is 0. The van der Waals surface area contributed by atoms with Crippen LogP contribution in [0.1, 0.15) is 40.0 Å². The summed E-state index contributed by atoms with van der Waals surface area (Å²) in [5.41, 5.74) is 0. The van der Waals surface area contributed by atoms with Crippen molar-refractivity contribution in [1.82, 2.24) is 0 Å². The first-order valence-electron chi connectivity index (χ1n) is 4.20. The van der Waals surface area contributed by atoms with Gasteiger partial charge in [-0.05, 0) is 24.2 Å². The molecule has 0 spiro atoms. The lowest BCUT2D eigenvalue weighted by Gasteiger charge is -2.29. The smallest absolute Gasteiger partial charge is 0.0414 e. The lowest BCUT2D eigenvalue weighted by atomic mass is 9.77. The van der Waals surface area contributed by atoms with E-state index in [2.05, 4.69) is 20.8 Å². The summed E-state index contributed by atoms with van der Waals surface area (Å²) in [5.74, 6) is 2.96. The fraction of sp³-hybridized carbons (Fsp3) is 1.00. The molecule has 0 heterocycles. The fourth-order valence-corrected chi connectivity index (χ4v) is 1.82. The highest BCUT2D eigenvalue weighted by molar-refractivity contribution is 4.72. The van der Waals surface area contributed by atoms with Crippen molar-refractivity contribution >= 4 is 0 Å². The van der Waals surface area contributed by atoms with Crippen LogP contribution in [-0.4, -0.2) is 5.48 Å². The molecule has 1 aliphatic carbocycles. The average Bonchev–Trinajstić information content (AvgIpc) is 1.80. The Bertz CT molecular complexity index is 90.7. The van der Waals surface area contributed by atoms with E-state index in [1.165, 1.54) is 19.3 Å². The Hall–Kier alpha value is -0.0400. The van der Waals surface area contributed by atoms with Gasteiger partial charge in [-0.3, -0.25) is 0 Å². The third-order valence-corrected chi connectivity index (χ3v) is 2.86. The van der Waals surface area contributed by atoms with E-state index in [-0.39, 0.29) is 5.48 Å². The van der Waals surface area contributed by atoms with E-state index < -0.39 is 0 Å². The van der Waals surface area contributed by atoms with Crippen LogP contribution in [0.25, 0.3) is 0 Å². The summed E-state index contributed by atoms with van der Waals surface area (Å²) in [5, 5.41) is 0. The van der Waals surface area contributed by atoms with Gasteiger partial charge in [0.05, 0.1) is 0 Å². The van der Waals surface area contributed by atoms with Crippen LogP contribution in [-0.2, 0) is 0 Å². The SMILES string of the molecule is CC1CC[C@@H](C)CC1C.O. The molecule has 0 bridgehead atoms. The zero-order chi connectivity index (χ0) is 6.85. The van der Waals surface area contributed by atoms with E-state index in [9.17, 15) is 0 Å². The van der Waals surface area contributed by atoms with Crippen molar-refractivity contribution in [3.63, 3.8) is 0 Å². The minimum atomic E-state index is 0. The van der Waals surface area contributed by atoms with Crippen LogP contribution in [0.4, 0.5) is 0 Å². The maximum absolute atomic E-state index is 2.39. The Morgan fingerprint density at radius 2 is 1.50 bits per heavy atom. The van der Waals surface area contributed by atoms with Crippen molar-refractivity contribution in [2.24, 2.45) is 17.8 Å². The largest absolute Gasteiger partial charge is 0.412 e. The number of hydrogen-bond acceptors (Lipinski definition) is 0. The standard InChI is InChI=1S/C9H18.H2O/c1-7-4-5-8(2)9(3)6-7;/h7-9H,4-6H2,1-3H3;1H2/t7-,8?,9?;/m1./s1. The highest BCUT2D eigenvalue weighted by atomic mass is 16.0. The minimum absolute atomic E-state index is 0. The van der Waals surface area contributed by atoms with Crippen molar-refractivity contribution in [3.8, 4) is 0 Å². The molecule has 2 unspecified atom stereocenters. The van der Waals surface area contributed by atoms with Gasteiger partial charge in [0.15, 0.2) is 0 Å². The van der Waals surface area contributed by atoms with E-state index in [0.717, 1.165) is 17.8 Å². The Kier molecular flexibility index (Phi) is 3.95. The van der Waals surface area contributed by atoms with Crippen LogP contribution < -0.4 is 0 Å². The minimum Gasteiger partial charge on any atom is -0.412 e. The summed E-state index contributed by atoms with van der Waals surface area (Å²) in [6.07, 6.45) is 4.38. The fourth-order valence-electron chi connectivity index (χ4n) is 1.82. The molecule has 0 aliphatic heterocycles. The zero-order valence-corrected chi connectivity index (χ0v) is 7.35. The summed E-state index contributed by atoms with van der Waals surface area (Å²) < 4.78 is 0. The lowest BCUT2D eigenvalue weighted by molar-refractivity contribution is 0.220. The molecule has 1 fully saturated rings. The average molecular weight is 144 g/mol. The molecule has 62 valence electrons. The van der Waals surface area contributed by atoms with Crippen LogP contribution in [0.15, 0.2) is 0 Å². The molecule has 1 heteroatoms. The summed E-state index contributed by atoms with van der Waals surface area (Å²) in [6.45, 7) is 7.15. The van der Waals surface area contributed by atoms with Crippen molar-refractivity contribution in [2.75, 3.05) is 0 Å². The normalized spacial score (nSPS) is 40.5. The Balaban J connectivity index is 0.000000810. The molecule has 10 heavy (non-hydrogen) atoms. The quantitative estimate of drug-likeness (QED) is 0.499. The van der Waals surface area contributed by atoms with E-state index >= 15 is 0 Å². The van der Waals surface area contributed by atoms with Gasteiger partial charge >= 0.3 is 0 Å². The molecule has 0 aromatic carbocycles. The van der Waals surface area contributed by atoms with Crippen molar-refractivity contribution in [2.45, 2.75) is 40.0 Å². The topological polar surface area (TPSA) is 31.5 Å². The zero-order valence-electron chi connectivity index (χ0n) is 7.35. The van der Waals surface area contributed by atoms with Crippen LogP contribution >= 0.6 is 0 Å². The number of rotatable bonds is 0. The molecule has 1 saturated carbocycles. The molecular weight excluding hydrogens is 124 g/mol. The van der Waals surface area contributed by atoms with Crippen LogP contribution in [0.5, 0.6) is 0 Å². The third kappa shape index (κ3) is 2.30. The Morgan fingerprint density at radius 3 is 1.90 bits per heavy atom. The van der Waals surface area contributed by atoms with E-state index in [0.29, 0.717) is 0 Å². The third-order valence-electron chi connectivity index (χ3n) is 2.86. The van der Waals surface area contributed by atoms with Gasteiger partial charge in [-0.1, -0.05) is 33.6 Å². The Morgan fingerprint density at radius 1 is 0.900 bits per heavy atom. The van der Waals surface area contributed by atoms with Gasteiger partial charge < -0.3 is 5.48 Å². The highest BCUT2D eigenvalue weighted by Gasteiger charge is 2.20. The molecule has 0 radical (unpaired) electrons. The van der Waals surface area contributed by atoms with Crippen LogP contribution in [0.3, 0.4) is 0 Å². The van der Waals surface area contributed by atoms with E-state index in [4.69, 9.17) is 0 Å². The first kappa shape index (κ1) is 9.96. The van der Waals surface area contributed by atoms with Gasteiger partial charge in [-0.25, -0.2) is 0 Å². The van der Waals surface area contributed by atoms with Gasteiger partial charge in [-0.2, -0.15) is 0 Å². The summed E-state index contributed by atoms with van der Waals surface area (Å²) in [4.78, 5) is 0. The Labute approximate surface area is 64.1 Å². The lowest BCUT2D eigenvalue weighted by Crippen LogP contribution is -2.18. The molecule has 0 aromatic heterocycles.